The van der Waals surface area contributed by atoms with Crippen molar-refractivity contribution in [2.75, 3.05) is 13.1 Å². The lowest BCUT2D eigenvalue weighted by atomic mass is 9.98. The van der Waals surface area contributed by atoms with E-state index in [1.807, 2.05) is 42.2 Å². The van der Waals surface area contributed by atoms with Gasteiger partial charge in [0.2, 0.25) is 0 Å². The van der Waals surface area contributed by atoms with Crippen LogP contribution in [0.15, 0.2) is 30.3 Å². The van der Waals surface area contributed by atoms with E-state index in [1.165, 1.54) is 0 Å². The van der Waals surface area contributed by atoms with Gasteiger partial charge in [-0.2, -0.15) is 0 Å². The molecule has 4 rings (SSSR count). The smallest absolute Gasteiger partial charge is 0.254 e. The number of nitrogens with zero attached hydrogens (tertiary/aromatic N) is 2. The van der Waals surface area contributed by atoms with Crippen LogP contribution in [0.3, 0.4) is 0 Å². The fraction of sp³-hybridized carbons (Fsp3) is 0.444. The summed E-state index contributed by atoms with van der Waals surface area (Å²) in [7, 11) is 0. The average molecular weight is 295 g/mol. The molecule has 1 aromatic heterocycles. The van der Waals surface area contributed by atoms with Crippen molar-refractivity contribution < 1.29 is 4.79 Å². The van der Waals surface area contributed by atoms with Crippen molar-refractivity contribution in [1.82, 2.24) is 9.88 Å². The van der Waals surface area contributed by atoms with Crippen molar-refractivity contribution in [2.24, 2.45) is 17.6 Å². The molecule has 2 fully saturated rings. The number of pyridine rings is 1. The Morgan fingerprint density at radius 3 is 2.91 bits per heavy atom. The maximum absolute atomic E-state index is 13.0. The van der Waals surface area contributed by atoms with Crippen LogP contribution < -0.4 is 5.73 Å². The lowest BCUT2D eigenvalue weighted by Crippen LogP contribution is -2.33. The van der Waals surface area contributed by atoms with E-state index in [0.717, 1.165) is 48.1 Å². The van der Waals surface area contributed by atoms with Crippen LogP contribution in [0.4, 0.5) is 0 Å². The molecule has 0 bridgehead atoms. The third-order valence-corrected chi connectivity index (χ3v) is 5.27. The van der Waals surface area contributed by atoms with Gasteiger partial charge in [0.1, 0.15) is 0 Å². The Morgan fingerprint density at radius 1 is 1.27 bits per heavy atom. The summed E-state index contributed by atoms with van der Waals surface area (Å²) in [6.45, 7) is 3.60. The summed E-state index contributed by atoms with van der Waals surface area (Å²) in [6.07, 6.45) is 2.26. The van der Waals surface area contributed by atoms with Gasteiger partial charge >= 0.3 is 0 Å². The first-order valence-corrected chi connectivity index (χ1v) is 8.05. The highest BCUT2D eigenvalue weighted by molar-refractivity contribution is 6.06. The molecule has 1 aliphatic carbocycles. The van der Waals surface area contributed by atoms with Crippen LogP contribution in [0.25, 0.3) is 10.9 Å². The van der Waals surface area contributed by atoms with Crippen molar-refractivity contribution in [3.63, 3.8) is 0 Å². The fourth-order valence-corrected chi connectivity index (χ4v) is 4.13. The lowest BCUT2D eigenvalue weighted by molar-refractivity contribution is 0.0781. The molecular formula is C18H21N3O. The lowest BCUT2D eigenvalue weighted by Gasteiger charge is -2.20. The van der Waals surface area contributed by atoms with Crippen LogP contribution in [0.5, 0.6) is 0 Å². The van der Waals surface area contributed by atoms with Gasteiger partial charge in [0.05, 0.1) is 11.1 Å². The number of hydrogen-bond acceptors (Lipinski definition) is 3. The minimum atomic E-state index is 0.128. The standard InChI is InChI=1S/C18H21N3O/c1-11-8-14(13-4-2-3-5-17(13)20-11)18(22)21-9-12-6-7-16(19)15(12)10-21/h2-5,8,12,15-16H,6-7,9-10,19H2,1H3. The summed E-state index contributed by atoms with van der Waals surface area (Å²) in [5, 5.41) is 0.944. The van der Waals surface area contributed by atoms with Crippen LogP contribution in [-0.4, -0.2) is 34.9 Å². The Balaban J connectivity index is 1.69. The molecule has 1 amide bonds. The van der Waals surface area contributed by atoms with E-state index in [4.69, 9.17) is 5.73 Å². The van der Waals surface area contributed by atoms with Crippen LogP contribution in [0.1, 0.15) is 28.9 Å². The van der Waals surface area contributed by atoms with E-state index in [9.17, 15) is 4.79 Å². The van der Waals surface area contributed by atoms with Crippen molar-refractivity contribution in [3.8, 4) is 0 Å². The molecule has 114 valence electrons. The van der Waals surface area contributed by atoms with Crippen molar-refractivity contribution in [2.45, 2.75) is 25.8 Å². The van der Waals surface area contributed by atoms with Gasteiger partial charge in [-0.25, -0.2) is 0 Å². The van der Waals surface area contributed by atoms with Gasteiger partial charge in [-0.15, -0.1) is 0 Å². The number of nitrogens with two attached hydrogens (primary N) is 1. The normalized spacial score (nSPS) is 27.4. The first-order chi connectivity index (χ1) is 10.6. The summed E-state index contributed by atoms with van der Waals surface area (Å²) in [6, 6.07) is 10.1. The van der Waals surface area contributed by atoms with E-state index in [-0.39, 0.29) is 11.9 Å². The number of rotatable bonds is 1. The number of aryl methyl sites for hydroxylation is 1. The molecule has 0 spiro atoms. The summed E-state index contributed by atoms with van der Waals surface area (Å²) >= 11 is 0. The molecule has 2 N–H and O–H groups in total. The molecule has 1 saturated heterocycles. The maximum atomic E-state index is 13.0. The van der Waals surface area contributed by atoms with Gasteiger partial charge in [-0.05, 0) is 43.7 Å². The molecule has 22 heavy (non-hydrogen) atoms. The summed E-state index contributed by atoms with van der Waals surface area (Å²) < 4.78 is 0. The van der Waals surface area contributed by atoms with Crippen molar-refractivity contribution in [3.05, 3.63) is 41.6 Å². The van der Waals surface area contributed by atoms with Crippen LogP contribution >= 0.6 is 0 Å². The van der Waals surface area contributed by atoms with Crippen LogP contribution in [0.2, 0.25) is 0 Å². The number of carbonyl (C=O) groups excluding carboxylic acids is 1. The molecule has 1 aromatic carbocycles. The molecule has 3 atom stereocenters. The van der Waals surface area contributed by atoms with Crippen LogP contribution in [0, 0.1) is 18.8 Å². The zero-order chi connectivity index (χ0) is 15.3. The number of aromatic nitrogens is 1. The number of hydrogen-bond donors (Lipinski definition) is 1. The monoisotopic (exact) mass is 295 g/mol. The second-order valence-corrected chi connectivity index (χ2v) is 6.70. The number of amides is 1. The molecule has 4 heteroatoms. The van der Waals surface area contributed by atoms with Gasteiger partial charge in [0.15, 0.2) is 0 Å². The van der Waals surface area contributed by atoms with E-state index < -0.39 is 0 Å². The molecular weight excluding hydrogens is 274 g/mol. The maximum Gasteiger partial charge on any atom is 0.254 e. The number of fused-ring (bicyclic) bond motifs is 2. The van der Waals surface area contributed by atoms with Gasteiger partial charge in [-0.3, -0.25) is 9.78 Å². The summed E-state index contributed by atoms with van der Waals surface area (Å²) in [5.41, 5.74) is 8.74. The van der Waals surface area contributed by atoms with E-state index >= 15 is 0 Å². The van der Waals surface area contributed by atoms with E-state index in [2.05, 4.69) is 4.98 Å². The van der Waals surface area contributed by atoms with Gasteiger partial charge in [0, 0.05) is 30.2 Å². The second kappa shape index (κ2) is 5.06. The van der Waals surface area contributed by atoms with Crippen molar-refractivity contribution >= 4 is 16.8 Å². The number of carbonyl (C=O) groups is 1. The zero-order valence-electron chi connectivity index (χ0n) is 12.8. The molecule has 2 aliphatic rings. The highest BCUT2D eigenvalue weighted by Crippen LogP contribution is 2.38. The highest BCUT2D eigenvalue weighted by atomic mass is 16.2. The average Bonchev–Trinajstić information content (AvgIpc) is 3.08. The molecule has 3 unspecified atom stereocenters. The van der Waals surface area contributed by atoms with Gasteiger partial charge in [-0.1, -0.05) is 18.2 Å². The predicted molar refractivity (Wildman–Crippen MR) is 86.6 cm³/mol. The SMILES string of the molecule is Cc1cc(C(=O)N2CC3CCC(N)C3C2)c2ccccc2n1. The first-order valence-electron chi connectivity index (χ1n) is 8.05. The Bertz CT molecular complexity index is 742. The Kier molecular flexibility index (Phi) is 3.15. The first kappa shape index (κ1) is 13.7. The Labute approximate surface area is 130 Å². The zero-order valence-corrected chi connectivity index (χ0v) is 12.8. The quantitative estimate of drug-likeness (QED) is 0.878. The van der Waals surface area contributed by atoms with Crippen LogP contribution in [-0.2, 0) is 0 Å². The van der Waals surface area contributed by atoms with Gasteiger partial charge in [0.25, 0.3) is 5.91 Å². The topological polar surface area (TPSA) is 59.2 Å². The Morgan fingerprint density at radius 2 is 2.09 bits per heavy atom. The molecule has 1 aliphatic heterocycles. The Hall–Kier alpha value is -1.94. The predicted octanol–water partition coefficient (Wildman–Crippen LogP) is 2.35. The number of likely N-dealkylation sites (tertiary alicyclic amines) is 1. The molecule has 1 saturated carbocycles. The number of benzene rings is 1. The third kappa shape index (κ3) is 2.10. The highest BCUT2D eigenvalue weighted by Gasteiger charge is 2.42. The molecule has 0 radical (unpaired) electrons. The molecule has 4 nitrogen and oxygen atoms in total. The molecule has 2 heterocycles. The van der Waals surface area contributed by atoms with E-state index in [0.29, 0.717) is 11.8 Å². The summed E-state index contributed by atoms with van der Waals surface area (Å²) in [5.74, 6) is 1.20. The van der Waals surface area contributed by atoms with Gasteiger partial charge < -0.3 is 10.6 Å². The molecule has 2 aromatic rings. The summed E-state index contributed by atoms with van der Waals surface area (Å²) in [4.78, 5) is 19.5. The minimum Gasteiger partial charge on any atom is -0.338 e. The third-order valence-electron chi connectivity index (χ3n) is 5.27. The fourth-order valence-electron chi connectivity index (χ4n) is 4.13. The van der Waals surface area contributed by atoms with E-state index in [1.54, 1.807) is 0 Å². The van der Waals surface area contributed by atoms with Crippen molar-refractivity contribution in [1.29, 1.82) is 0 Å². The minimum absolute atomic E-state index is 0.128. The number of para-hydroxylation sites is 1. The second-order valence-electron chi connectivity index (χ2n) is 6.70. The largest absolute Gasteiger partial charge is 0.338 e.